The Hall–Kier alpha value is -3.31. The first kappa shape index (κ1) is 19.0. The fourth-order valence-electron chi connectivity index (χ4n) is 3.09. The van der Waals surface area contributed by atoms with Gasteiger partial charge < -0.3 is 14.8 Å². The molecule has 29 heavy (non-hydrogen) atoms. The highest BCUT2D eigenvalue weighted by Crippen LogP contribution is 2.28. The molecule has 146 valence electrons. The molecule has 6 heteroatoms. The van der Waals surface area contributed by atoms with Crippen molar-refractivity contribution in [2.75, 3.05) is 11.9 Å². The molecule has 1 N–H and O–H groups in total. The highest BCUT2D eigenvalue weighted by Gasteiger charge is 2.27. The van der Waals surface area contributed by atoms with Gasteiger partial charge in [0.2, 0.25) is 0 Å². The van der Waals surface area contributed by atoms with Crippen LogP contribution < -0.4 is 14.8 Å². The van der Waals surface area contributed by atoms with Gasteiger partial charge in [-0.3, -0.25) is 9.59 Å². The van der Waals surface area contributed by atoms with E-state index in [1.165, 1.54) is 0 Å². The van der Waals surface area contributed by atoms with Crippen molar-refractivity contribution >= 4 is 29.2 Å². The highest BCUT2D eigenvalue weighted by molar-refractivity contribution is 6.30. The largest absolute Gasteiger partial charge is 0.492 e. The van der Waals surface area contributed by atoms with E-state index < -0.39 is 0 Å². The van der Waals surface area contributed by atoms with Gasteiger partial charge in [0.05, 0.1) is 5.92 Å². The predicted octanol–water partition coefficient (Wildman–Crippen LogP) is 4.75. The maximum atomic E-state index is 12.5. The lowest BCUT2D eigenvalue weighted by Crippen LogP contribution is -2.31. The molecule has 5 nitrogen and oxygen atoms in total. The van der Waals surface area contributed by atoms with Crippen LogP contribution in [0.2, 0.25) is 5.02 Å². The van der Waals surface area contributed by atoms with Gasteiger partial charge in [-0.2, -0.15) is 0 Å². The number of amides is 1. The Morgan fingerprint density at radius 1 is 0.966 bits per heavy atom. The molecule has 3 aromatic carbocycles. The van der Waals surface area contributed by atoms with E-state index in [1.807, 2.05) is 24.3 Å². The van der Waals surface area contributed by atoms with Crippen molar-refractivity contribution in [3.63, 3.8) is 0 Å². The lowest BCUT2D eigenvalue weighted by Gasteiger charge is -2.23. The SMILES string of the molecule is O=C(Nc1ccc(OC(=O)[C@@H]2COc3ccccc3C2)cc1)c1ccc(Cl)cc1. The summed E-state index contributed by atoms with van der Waals surface area (Å²) < 4.78 is 11.1. The second-order valence-corrected chi connectivity index (χ2v) is 7.16. The minimum absolute atomic E-state index is 0.246. The number of fused-ring (bicyclic) bond motifs is 1. The Morgan fingerprint density at radius 2 is 1.69 bits per heavy atom. The predicted molar refractivity (Wildman–Crippen MR) is 111 cm³/mol. The molecular formula is C23H18ClNO4. The van der Waals surface area contributed by atoms with Crippen molar-refractivity contribution in [1.29, 1.82) is 0 Å². The number of carbonyl (C=O) groups is 2. The Kier molecular flexibility index (Phi) is 5.49. The molecule has 4 rings (SSSR count). The first-order valence-electron chi connectivity index (χ1n) is 9.18. The van der Waals surface area contributed by atoms with Crippen LogP contribution in [0, 0.1) is 5.92 Å². The summed E-state index contributed by atoms with van der Waals surface area (Å²) in [5.74, 6) is 0.298. The van der Waals surface area contributed by atoms with Crippen LogP contribution in [0.15, 0.2) is 72.8 Å². The Bertz CT molecular complexity index is 1030. The molecule has 1 heterocycles. The first-order valence-corrected chi connectivity index (χ1v) is 9.56. The van der Waals surface area contributed by atoms with E-state index in [-0.39, 0.29) is 17.8 Å². The molecule has 1 amide bonds. The smallest absolute Gasteiger partial charge is 0.318 e. The van der Waals surface area contributed by atoms with Gasteiger partial charge in [0, 0.05) is 16.3 Å². The third-order valence-electron chi connectivity index (χ3n) is 4.65. The van der Waals surface area contributed by atoms with Crippen LogP contribution in [0.3, 0.4) is 0 Å². The number of ether oxygens (including phenoxy) is 2. The van der Waals surface area contributed by atoms with E-state index >= 15 is 0 Å². The van der Waals surface area contributed by atoms with Crippen LogP contribution in [-0.4, -0.2) is 18.5 Å². The summed E-state index contributed by atoms with van der Waals surface area (Å²) in [7, 11) is 0. The van der Waals surface area contributed by atoms with E-state index in [9.17, 15) is 9.59 Å². The molecule has 0 unspecified atom stereocenters. The van der Waals surface area contributed by atoms with Gasteiger partial charge in [0.25, 0.3) is 5.91 Å². The van der Waals surface area contributed by atoms with E-state index in [0.29, 0.717) is 35.1 Å². The van der Waals surface area contributed by atoms with Crippen molar-refractivity contribution < 1.29 is 19.1 Å². The number of anilines is 1. The third-order valence-corrected chi connectivity index (χ3v) is 4.90. The molecule has 0 aliphatic carbocycles. The fourth-order valence-corrected chi connectivity index (χ4v) is 3.22. The summed E-state index contributed by atoms with van der Waals surface area (Å²) in [5, 5.41) is 3.36. The summed E-state index contributed by atoms with van der Waals surface area (Å²) in [5.41, 5.74) is 2.10. The quantitative estimate of drug-likeness (QED) is 0.500. The monoisotopic (exact) mass is 407 g/mol. The molecule has 0 saturated heterocycles. The molecule has 0 radical (unpaired) electrons. The molecule has 1 atom stereocenters. The minimum Gasteiger partial charge on any atom is -0.492 e. The van der Waals surface area contributed by atoms with Crippen molar-refractivity contribution in [3.8, 4) is 11.5 Å². The second-order valence-electron chi connectivity index (χ2n) is 6.73. The number of nitrogens with one attached hydrogen (secondary N) is 1. The van der Waals surface area contributed by atoms with Crippen LogP contribution in [-0.2, 0) is 11.2 Å². The van der Waals surface area contributed by atoms with Gasteiger partial charge in [-0.05, 0) is 66.6 Å². The zero-order valence-corrected chi connectivity index (χ0v) is 16.2. The number of carbonyl (C=O) groups excluding carboxylic acids is 2. The van der Waals surface area contributed by atoms with Gasteiger partial charge in [0.15, 0.2) is 0 Å². The Balaban J connectivity index is 1.35. The zero-order chi connectivity index (χ0) is 20.2. The molecule has 0 spiro atoms. The van der Waals surface area contributed by atoms with E-state index in [0.717, 1.165) is 11.3 Å². The molecule has 3 aromatic rings. The molecular weight excluding hydrogens is 390 g/mol. The second kappa shape index (κ2) is 8.37. The Morgan fingerprint density at radius 3 is 2.45 bits per heavy atom. The summed E-state index contributed by atoms with van der Waals surface area (Å²) in [6.07, 6.45) is 0.588. The minimum atomic E-state index is -0.353. The van der Waals surface area contributed by atoms with Crippen molar-refractivity contribution in [1.82, 2.24) is 0 Å². The number of para-hydroxylation sites is 1. The lowest BCUT2D eigenvalue weighted by atomic mass is 9.97. The Labute approximate surface area is 173 Å². The highest BCUT2D eigenvalue weighted by atomic mass is 35.5. The van der Waals surface area contributed by atoms with Crippen LogP contribution >= 0.6 is 11.6 Å². The third kappa shape index (κ3) is 4.58. The molecule has 1 aliphatic heterocycles. The van der Waals surface area contributed by atoms with E-state index in [2.05, 4.69) is 5.32 Å². The maximum Gasteiger partial charge on any atom is 0.318 e. The average molecular weight is 408 g/mol. The molecule has 0 bridgehead atoms. The molecule has 1 aliphatic rings. The van der Waals surface area contributed by atoms with Crippen LogP contribution in [0.25, 0.3) is 0 Å². The standard InChI is InChI=1S/C23H18ClNO4/c24-18-7-5-15(6-8-18)22(26)25-19-9-11-20(12-10-19)29-23(27)17-13-16-3-1-2-4-21(16)28-14-17/h1-12,17H,13-14H2,(H,25,26)/t17-/m0/s1. The van der Waals surface area contributed by atoms with Gasteiger partial charge in [-0.15, -0.1) is 0 Å². The van der Waals surface area contributed by atoms with Crippen LogP contribution in [0.5, 0.6) is 11.5 Å². The van der Waals surface area contributed by atoms with Gasteiger partial charge in [-0.1, -0.05) is 29.8 Å². The van der Waals surface area contributed by atoms with Gasteiger partial charge in [0.1, 0.15) is 18.1 Å². The number of hydrogen-bond acceptors (Lipinski definition) is 4. The topological polar surface area (TPSA) is 64.6 Å². The number of esters is 1. The summed E-state index contributed by atoms with van der Waals surface area (Å²) in [6.45, 7) is 0.297. The molecule has 0 fully saturated rings. The molecule has 0 saturated carbocycles. The number of benzene rings is 3. The average Bonchev–Trinajstić information content (AvgIpc) is 2.75. The zero-order valence-electron chi connectivity index (χ0n) is 15.4. The fraction of sp³-hybridized carbons (Fsp3) is 0.130. The normalized spacial score (nSPS) is 15.0. The summed E-state index contributed by atoms with van der Waals surface area (Å²) in [6, 6.07) is 21.0. The van der Waals surface area contributed by atoms with Crippen molar-refractivity contribution in [3.05, 3.63) is 88.9 Å². The van der Waals surface area contributed by atoms with Crippen LogP contribution in [0.4, 0.5) is 5.69 Å². The summed E-state index contributed by atoms with van der Waals surface area (Å²) in [4.78, 5) is 24.7. The maximum absolute atomic E-state index is 12.5. The molecule has 0 aromatic heterocycles. The van der Waals surface area contributed by atoms with Gasteiger partial charge in [-0.25, -0.2) is 0 Å². The van der Waals surface area contributed by atoms with Gasteiger partial charge >= 0.3 is 5.97 Å². The van der Waals surface area contributed by atoms with E-state index in [1.54, 1.807) is 48.5 Å². The van der Waals surface area contributed by atoms with Crippen molar-refractivity contribution in [2.45, 2.75) is 6.42 Å². The van der Waals surface area contributed by atoms with E-state index in [4.69, 9.17) is 21.1 Å². The van der Waals surface area contributed by atoms with Crippen LogP contribution in [0.1, 0.15) is 15.9 Å². The number of halogens is 1. The first-order chi connectivity index (χ1) is 14.1. The summed E-state index contributed by atoms with van der Waals surface area (Å²) >= 11 is 5.84. The lowest BCUT2D eigenvalue weighted by molar-refractivity contribution is -0.140. The number of rotatable bonds is 4. The van der Waals surface area contributed by atoms with Crippen molar-refractivity contribution in [2.24, 2.45) is 5.92 Å². The number of hydrogen-bond donors (Lipinski definition) is 1.